The van der Waals surface area contributed by atoms with Crippen molar-refractivity contribution in [2.24, 2.45) is 11.8 Å². The molecule has 0 aliphatic rings. The number of hydrogen-bond donors (Lipinski definition) is 4. The molecular weight excluding hydrogens is 224 g/mol. The normalized spacial score (nSPS) is 11.9. The Morgan fingerprint density at radius 3 is 2.71 bits per heavy atom. The third-order valence-corrected chi connectivity index (χ3v) is 2.33. The highest BCUT2D eigenvalue weighted by molar-refractivity contribution is 5.75. The van der Waals surface area contributed by atoms with Gasteiger partial charge in [0.15, 0.2) is 0 Å². The predicted octanol–water partition coefficient (Wildman–Crippen LogP) is 0.921. The Bertz CT molecular complexity index is 397. The Kier molecular flexibility index (Phi) is 4.68. The van der Waals surface area contributed by atoms with Crippen molar-refractivity contribution in [3.05, 3.63) is 28.3 Å². The van der Waals surface area contributed by atoms with E-state index in [1.165, 1.54) is 6.07 Å². The van der Waals surface area contributed by atoms with Gasteiger partial charge >= 0.3 is 5.69 Å². The fourth-order valence-electron chi connectivity index (χ4n) is 1.35. The molecule has 0 heterocycles. The van der Waals surface area contributed by atoms with Crippen molar-refractivity contribution >= 4 is 17.1 Å². The van der Waals surface area contributed by atoms with Crippen LogP contribution in [-0.4, -0.2) is 23.2 Å². The van der Waals surface area contributed by atoms with E-state index in [1.54, 1.807) is 12.1 Å². The zero-order valence-corrected chi connectivity index (χ0v) is 9.51. The molecule has 0 bridgehead atoms. The summed E-state index contributed by atoms with van der Waals surface area (Å²) in [5, 5.41) is 22.7. The lowest BCUT2D eigenvalue weighted by atomic mass is 10.2. The van der Waals surface area contributed by atoms with Crippen LogP contribution in [0, 0.1) is 16.0 Å². The summed E-state index contributed by atoms with van der Waals surface area (Å²) in [6, 6.07) is 4.79. The van der Waals surface area contributed by atoms with Gasteiger partial charge in [0.1, 0.15) is 11.4 Å². The molecule has 7 nitrogen and oxygen atoms in total. The summed E-state index contributed by atoms with van der Waals surface area (Å²) in [7, 11) is 0. The van der Waals surface area contributed by atoms with Gasteiger partial charge in [-0.1, -0.05) is 13.0 Å². The molecule has 0 aliphatic heterocycles. The van der Waals surface area contributed by atoms with Crippen molar-refractivity contribution in [3.8, 4) is 0 Å². The summed E-state index contributed by atoms with van der Waals surface area (Å²) in [5.74, 6) is 5.23. The highest BCUT2D eigenvalue weighted by Crippen LogP contribution is 2.32. The molecule has 7 heteroatoms. The minimum Gasteiger partial charge on any atom is -0.396 e. The maximum atomic E-state index is 10.9. The molecule has 94 valence electrons. The van der Waals surface area contributed by atoms with Gasteiger partial charge in [-0.3, -0.25) is 16.0 Å². The molecule has 0 saturated heterocycles. The first-order valence-corrected chi connectivity index (χ1v) is 5.19. The van der Waals surface area contributed by atoms with E-state index in [-0.39, 0.29) is 23.9 Å². The van der Waals surface area contributed by atoms with Gasteiger partial charge in [0, 0.05) is 13.2 Å². The number of nitro benzene ring substituents is 1. The fourth-order valence-corrected chi connectivity index (χ4v) is 1.35. The van der Waals surface area contributed by atoms with Crippen LogP contribution in [0.15, 0.2) is 18.2 Å². The molecule has 0 amide bonds. The predicted molar refractivity (Wildman–Crippen MR) is 65.6 cm³/mol. The van der Waals surface area contributed by atoms with Crippen LogP contribution in [0.5, 0.6) is 0 Å². The van der Waals surface area contributed by atoms with E-state index in [0.717, 1.165) is 0 Å². The maximum absolute atomic E-state index is 10.9. The number of rotatable bonds is 6. The van der Waals surface area contributed by atoms with Gasteiger partial charge in [0.05, 0.1) is 4.92 Å². The number of nitrogens with one attached hydrogen (secondary N) is 2. The van der Waals surface area contributed by atoms with Crippen LogP contribution in [-0.2, 0) is 0 Å². The molecule has 1 atom stereocenters. The van der Waals surface area contributed by atoms with E-state index in [0.29, 0.717) is 12.2 Å². The number of nitrogen functional groups attached to an aromatic ring is 1. The van der Waals surface area contributed by atoms with Crippen LogP contribution in [0.3, 0.4) is 0 Å². The second-order valence-corrected chi connectivity index (χ2v) is 3.77. The Balaban J connectivity index is 2.94. The molecular formula is C10H16N4O3. The first-order valence-electron chi connectivity index (χ1n) is 5.19. The van der Waals surface area contributed by atoms with Crippen LogP contribution in [0.2, 0.25) is 0 Å². The molecule has 0 fully saturated rings. The van der Waals surface area contributed by atoms with Gasteiger partial charge in [-0.25, -0.2) is 0 Å². The molecule has 0 aliphatic carbocycles. The summed E-state index contributed by atoms with van der Waals surface area (Å²) in [6.45, 7) is 2.31. The fraction of sp³-hybridized carbons (Fsp3) is 0.400. The highest BCUT2D eigenvalue weighted by Gasteiger charge is 2.19. The molecule has 17 heavy (non-hydrogen) atoms. The topological polar surface area (TPSA) is 113 Å². The van der Waals surface area contributed by atoms with Crippen molar-refractivity contribution in [1.82, 2.24) is 0 Å². The minimum absolute atomic E-state index is 0.0177. The van der Waals surface area contributed by atoms with Gasteiger partial charge < -0.3 is 15.8 Å². The molecule has 1 unspecified atom stereocenters. The molecule has 1 rings (SSSR count). The van der Waals surface area contributed by atoms with Crippen LogP contribution in [0.25, 0.3) is 0 Å². The van der Waals surface area contributed by atoms with E-state index < -0.39 is 4.92 Å². The monoisotopic (exact) mass is 240 g/mol. The van der Waals surface area contributed by atoms with Crippen molar-refractivity contribution in [2.45, 2.75) is 6.92 Å². The lowest BCUT2D eigenvalue weighted by Crippen LogP contribution is -2.16. The number of anilines is 2. The Labute approximate surface area is 98.7 Å². The second kappa shape index (κ2) is 6.02. The summed E-state index contributed by atoms with van der Waals surface area (Å²) in [4.78, 5) is 10.4. The number of nitrogens with zero attached hydrogens (tertiary/aromatic N) is 1. The second-order valence-electron chi connectivity index (χ2n) is 3.77. The van der Waals surface area contributed by atoms with Gasteiger partial charge in [-0.05, 0) is 18.1 Å². The van der Waals surface area contributed by atoms with E-state index in [9.17, 15) is 10.1 Å². The number of benzene rings is 1. The molecule has 0 aromatic heterocycles. The summed E-state index contributed by atoms with van der Waals surface area (Å²) < 4.78 is 0. The Morgan fingerprint density at radius 1 is 1.53 bits per heavy atom. The smallest absolute Gasteiger partial charge is 0.316 e. The molecule has 1 aromatic rings. The zero-order chi connectivity index (χ0) is 12.8. The Morgan fingerprint density at radius 2 is 2.18 bits per heavy atom. The van der Waals surface area contributed by atoms with Crippen LogP contribution in [0.4, 0.5) is 17.1 Å². The number of aliphatic hydroxyl groups excluding tert-OH is 1. The van der Waals surface area contributed by atoms with Crippen molar-refractivity contribution in [3.63, 3.8) is 0 Å². The average molecular weight is 240 g/mol. The first kappa shape index (κ1) is 13.2. The molecule has 0 saturated carbocycles. The van der Waals surface area contributed by atoms with Crippen molar-refractivity contribution < 1.29 is 10.0 Å². The van der Waals surface area contributed by atoms with Crippen molar-refractivity contribution in [2.75, 3.05) is 23.9 Å². The van der Waals surface area contributed by atoms with Gasteiger partial charge in [-0.15, -0.1) is 0 Å². The Hall–Kier alpha value is -1.86. The quantitative estimate of drug-likeness (QED) is 0.334. The molecule has 5 N–H and O–H groups in total. The summed E-state index contributed by atoms with van der Waals surface area (Å²) in [6.07, 6.45) is 0. The highest BCUT2D eigenvalue weighted by atomic mass is 16.6. The number of hydrogen-bond acceptors (Lipinski definition) is 6. The number of nitro groups is 1. The van der Waals surface area contributed by atoms with Crippen LogP contribution in [0.1, 0.15) is 6.92 Å². The van der Waals surface area contributed by atoms with E-state index in [1.807, 2.05) is 6.92 Å². The lowest BCUT2D eigenvalue weighted by Gasteiger charge is -2.12. The van der Waals surface area contributed by atoms with E-state index in [2.05, 4.69) is 10.7 Å². The number of hydrazine groups is 1. The number of aliphatic hydroxyl groups is 1. The largest absolute Gasteiger partial charge is 0.396 e. The molecule has 1 aromatic carbocycles. The minimum atomic E-state index is -0.499. The maximum Gasteiger partial charge on any atom is 0.316 e. The number of para-hydroxylation sites is 1. The standard InChI is InChI=1S/C10H16N4O3/c1-7(6-15)5-12-8-3-2-4-9(13-11)10(8)14(16)17/h2-4,7,12-13,15H,5-6,11H2,1H3. The van der Waals surface area contributed by atoms with Gasteiger partial charge in [0.25, 0.3) is 0 Å². The molecule has 0 radical (unpaired) electrons. The van der Waals surface area contributed by atoms with Gasteiger partial charge in [-0.2, -0.15) is 0 Å². The lowest BCUT2D eigenvalue weighted by molar-refractivity contribution is -0.383. The van der Waals surface area contributed by atoms with Crippen LogP contribution < -0.4 is 16.6 Å². The third-order valence-electron chi connectivity index (χ3n) is 2.33. The zero-order valence-electron chi connectivity index (χ0n) is 9.51. The summed E-state index contributed by atoms with van der Waals surface area (Å²) >= 11 is 0. The van der Waals surface area contributed by atoms with Crippen molar-refractivity contribution in [1.29, 1.82) is 0 Å². The average Bonchev–Trinajstić information content (AvgIpc) is 2.34. The third kappa shape index (κ3) is 3.30. The van der Waals surface area contributed by atoms with E-state index in [4.69, 9.17) is 10.9 Å². The summed E-state index contributed by atoms with van der Waals surface area (Å²) in [5.41, 5.74) is 2.82. The molecule has 0 spiro atoms. The van der Waals surface area contributed by atoms with Gasteiger partial charge in [0.2, 0.25) is 0 Å². The number of nitrogens with two attached hydrogens (primary N) is 1. The first-order chi connectivity index (χ1) is 8.10. The SMILES string of the molecule is CC(CO)CNc1cccc(NN)c1[N+](=O)[O-]. The van der Waals surface area contributed by atoms with Crippen LogP contribution >= 0.6 is 0 Å². The van der Waals surface area contributed by atoms with E-state index >= 15 is 0 Å².